The van der Waals surface area contributed by atoms with Gasteiger partial charge in [0.25, 0.3) is 0 Å². The van der Waals surface area contributed by atoms with Crippen LogP contribution in [0.1, 0.15) is 24.8 Å². The molecular formula is C12H15NO4. The van der Waals surface area contributed by atoms with Crippen molar-refractivity contribution >= 4 is 5.97 Å². The van der Waals surface area contributed by atoms with Crippen molar-refractivity contribution in [3.63, 3.8) is 0 Å². The molecule has 0 saturated carbocycles. The van der Waals surface area contributed by atoms with E-state index in [1.165, 1.54) is 7.11 Å². The van der Waals surface area contributed by atoms with Crippen LogP contribution in [-0.2, 0) is 9.53 Å². The van der Waals surface area contributed by atoms with Crippen molar-refractivity contribution in [1.82, 2.24) is 0 Å². The molecule has 0 amide bonds. The first-order valence-electron chi connectivity index (χ1n) is 5.38. The summed E-state index contributed by atoms with van der Waals surface area (Å²) in [5.74, 6) is -1.42. The van der Waals surface area contributed by atoms with E-state index in [0.717, 1.165) is 0 Å². The summed E-state index contributed by atoms with van der Waals surface area (Å²) in [6.45, 7) is 1.69. The third kappa shape index (κ3) is 3.03. The fourth-order valence-electron chi connectivity index (χ4n) is 1.81. The van der Waals surface area contributed by atoms with E-state index in [1.54, 1.807) is 37.3 Å². The Bertz CT molecular complexity index is 391. The average Bonchev–Trinajstić information content (AvgIpc) is 2.35. The first-order chi connectivity index (χ1) is 8.11. The molecule has 0 heterocycles. The van der Waals surface area contributed by atoms with E-state index in [0.29, 0.717) is 5.56 Å². The van der Waals surface area contributed by atoms with E-state index in [4.69, 9.17) is 0 Å². The van der Waals surface area contributed by atoms with Crippen molar-refractivity contribution in [3.8, 4) is 0 Å². The lowest BCUT2D eigenvalue weighted by atomic mass is 9.90. The maximum absolute atomic E-state index is 11.7. The SMILES string of the molecule is CC[C@H]([C@H](C(=O)OC)c1ccccc1)[N+](=O)[O-]. The van der Waals surface area contributed by atoms with Crippen molar-refractivity contribution in [2.45, 2.75) is 25.3 Å². The number of hydrogen-bond donors (Lipinski definition) is 0. The van der Waals surface area contributed by atoms with Crippen molar-refractivity contribution in [2.24, 2.45) is 0 Å². The van der Waals surface area contributed by atoms with E-state index in [-0.39, 0.29) is 6.42 Å². The highest BCUT2D eigenvalue weighted by atomic mass is 16.6. The zero-order valence-electron chi connectivity index (χ0n) is 9.83. The van der Waals surface area contributed by atoms with Crippen LogP contribution in [0.4, 0.5) is 0 Å². The standard InChI is InChI=1S/C12H15NO4/c1-3-10(13(15)16)11(12(14)17-2)9-7-5-4-6-8-9/h4-8,10-11H,3H2,1-2H3/t10-,11-/m1/s1. The van der Waals surface area contributed by atoms with Gasteiger partial charge in [-0.2, -0.15) is 0 Å². The lowest BCUT2D eigenvalue weighted by molar-refractivity contribution is -0.525. The monoisotopic (exact) mass is 237 g/mol. The first-order valence-corrected chi connectivity index (χ1v) is 5.38. The van der Waals surface area contributed by atoms with Gasteiger partial charge in [-0.05, 0) is 5.56 Å². The number of nitro groups is 1. The second-order valence-corrected chi connectivity index (χ2v) is 3.67. The Morgan fingerprint density at radius 2 is 2.00 bits per heavy atom. The number of benzene rings is 1. The fourth-order valence-corrected chi connectivity index (χ4v) is 1.81. The van der Waals surface area contributed by atoms with Crippen molar-refractivity contribution in [2.75, 3.05) is 7.11 Å². The van der Waals surface area contributed by atoms with E-state index >= 15 is 0 Å². The zero-order valence-corrected chi connectivity index (χ0v) is 9.83. The van der Waals surface area contributed by atoms with Crippen LogP contribution < -0.4 is 0 Å². The molecule has 0 fully saturated rings. The van der Waals surface area contributed by atoms with Crippen LogP contribution in [0.2, 0.25) is 0 Å². The van der Waals surface area contributed by atoms with Crippen LogP contribution in [0.15, 0.2) is 30.3 Å². The van der Waals surface area contributed by atoms with Crippen molar-refractivity contribution < 1.29 is 14.5 Å². The van der Waals surface area contributed by atoms with Gasteiger partial charge in [-0.25, -0.2) is 0 Å². The molecule has 1 aromatic carbocycles. The largest absolute Gasteiger partial charge is 0.468 e. The Morgan fingerprint density at radius 1 is 1.41 bits per heavy atom. The maximum atomic E-state index is 11.7. The number of carbonyl (C=O) groups excluding carboxylic acids is 1. The minimum absolute atomic E-state index is 0.279. The van der Waals surface area contributed by atoms with Gasteiger partial charge in [0.2, 0.25) is 6.04 Å². The molecule has 0 aliphatic rings. The van der Waals surface area contributed by atoms with Crippen molar-refractivity contribution in [3.05, 3.63) is 46.0 Å². The molecule has 5 nitrogen and oxygen atoms in total. The summed E-state index contributed by atoms with van der Waals surface area (Å²) in [5, 5.41) is 11.0. The Kier molecular flexibility index (Phi) is 4.63. The van der Waals surface area contributed by atoms with Gasteiger partial charge in [-0.15, -0.1) is 0 Å². The van der Waals surface area contributed by atoms with Crippen LogP contribution in [-0.4, -0.2) is 24.0 Å². The Morgan fingerprint density at radius 3 is 2.41 bits per heavy atom. The molecule has 0 radical (unpaired) electrons. The molecule has 0 aromatic heterocycles. The van der Waals surface area contributed by atoms with Crippen molar-refractivity contribution in [1.29, 1.82) is 0 Å². The quantitative estimate of drug-likeness (QED) is 0.446. The highest BCUT2D eigenvalue weighted by Gasteiger charge is 2.37. The minimum Gasteiger partial charge on any atom is -0.468 e. The van der Waals surface area contributed by atoms with Gasteiger partial charge in [0.05, 0.1) is 7.11 Å². The summed E-state index contributed by atoms with van der Waals surface area (Å²) in [7, 11) is 1.24. The molecule has 1 rings (SSSR count). The number of nitrogens with zero attached hydrogens (tertiary/aromatic N) is 1. The molecule has 0 saturated heterocycles. The molecule has 0 aliphatic carbocycles. The highest BCUT2D eigenvalue weighted by Crippen LogP contribution is 2.25. The second-order valence-electron chi connectivity index (χ2n) is 3.67. The molecule has 1 aromatic rings. The van der Waals surface area contributed by atoms with E-state index in [9.17, 15) is 14.9 Å². The topological polar surface area (TPSA) is 69.4 Å². The van der Waals surface area contributed by atoms with Gasteiger partial charge >= 0.3 is 5.97 Å². The van der Waals surface area contributed by atoms with Crippen LogP contribution in [0, 0.1) is 10.1 Å². The van der Waals surface area contributed by atoms with Gasteiger partial charge in [0, 0.05) is 11.3 Å². The smallest absolute Gasteiger partial charge is 0.320 e. The third-order valence-corrected chi connectivity index (χ3v) is 2.69. The zero-order chi connectivity index (χ0) is 12.8. The number of esters is 1. The molecule has 17 heavy (non-hydrogen) atoms. The molecule has 0 aliphatic heterocycles. The van der Waals surface area contributed by atoms with Crippen LogP contribution in [0.3, 0.4) is 0 Å². The second kappa shape index (κ2) is 5.98. The molecule has 2 atom stereocenters. The van der Waals surface area contributed by atoms with Crippen LogP contribution in [0.5, 0.6) is 0 Å². The summed E-state index contributed by atoms with van der Waals surface area (Å²) >= 11 is 0. The first kappa shape index (κ1) is 13.2. The molecular weight excluding hydrogens is 222 g/mol. The highest BCUT2D eigenvalue weighted by molar-refractivity contribution is 5.78. The number of methoxy groups -OCH3 is 1. The Balaban J connectivity index is 3.12. The van der Waals surface area contributed by atoms with Gasteiger partial charge in [0.15, 0.2) is 0 Å². The number of hydrogen-bond acceptors (Lipinski definition) is 4. The molecule has 0 bridgehead atoms. The predicted molar refractivity (Wildman–Crippen MR) is 62.3 cm³/mol. The third-order valence-electron chi connectivity index (χ3n) is 2.69. The maximum Gasteiger partial charge on any atom is 0.320 e. The lowest BCUT2D eigenvalue weighted by Gasteiger charge is -2.18. The summed E-state index contributed by atoms with van der Waals surface area (Å²) < 4.78 is 4.66. The van der Waals surface area contributed by atoms with E-state index < -0.39 is 22.9 Å². The molecule has 5 heteroatoms. The van der Waals surface area contributed by atoms with E-state index in [1.807, 2.05) is 0 Å². The Hall–Kier alpha value is -1.91. The number of rotatable bonds is 5. The summed E-state index contributed by atoms with van der Waals surface area (Å²) in [4.78, 5) is 22.2. The molecule has 92 valence electrons. The molecule has 0 spiro atoms. The molecule has 0 N–H and O–H groups in total. The predicted octanol–water partition coefficient (Wildman–Crippen LogP) is 2.00. The van der Waals surface area contributed by atoms with Gasteiger partial charge in [-0.3, -0.25) is 14.9 Å². The number of ether oxygens (including phenoxy) is 1. The van der Waals surface area contributed by atoms with Gasteiger partial charge in [0.1, 0.15) is 5.92 Å². The molecule has 0 unspecified atom stereocenters. The summed E-state index contributed by atoms with van der Waals surface area (Å²) in [6.07, 6.45) is 0.279. The average molecular weight is 237 g/mol. The minimum atomic E-state index is -0.954. The lowest BCUT2D eigenvalue weighted by Crippen LogP contribution is -2.33. The van der Waals surface area contributed by atoms with Crippen LogP contribution >= 0.6 is 0 Å². The van der Waals surface area contributed by atoms with E-state index in [2.05, 4.69) is 4.74 Å². The summed E-state index contributed by atoms with van der Waals surface area (Å²) in [5.41, 5.74) is 0.614. The van der Waals surface area contributed by atoms with Crippen LogP contribution in [0.25, 0.3) is 0 Å². The normalized spacial score (nSPS) is 13.8. The fraction of sp³-hybridized carbons (Fsp3) is 0.417. The summed E-state index contributed by atoms with van der Waals surface area (Å²) in [6, 6.07) is 7.74. The Labute approximate surface area is 99.5 Å². The number of carbonyl (C=O) groups is 1. The van der Waals surface area contributed by atoms with Gasteiger partial charge < -0.3 is 4.74 Å². The van der Waals surface area contributed by atoms with Gasteiger partial charge in [-0.1, -0.05) is 37.3 Å².